The number of hydrogen-bond acceptors (Lipinski definition) is 3. The van der Waals surface area contributed by atoms with E-state index in [4.69, 9.17) is 0 Å². The summed E-state index contributed by atoms with van der Waals surface area (Å²) in [7, 11) is 0. The molecule has 1 aromatic rings. The molecule has 98 valence electrons. The summed E-state index contributed by atoms with van der Waals surface area (Å²) in [6, 6.07) is 6.21. The lowest BCUT2D eigenvalue weighted by molar-refractivity contribution is -0.113. The molecule has 1 fully saturated rings. The number of benzene rings is 1. The summed E-state index contributed by atoms with van der Waals surface area (Å²) in [5.74, 6) is -0.526. The number of nitrogens with zero attached hydrogens (tertiary/aromatic N) is 2. The highest BCUT2D eigenvalue weighted by atomic mass is 32.2. The highest BCUT2D eigenvalue weighted by Gasteiger charge is 2.27. The minimum Gasteiger partial charge on any atom is -0.351 e. The molecular weight excluding hydrogens is 263 g/mol. The third kappa shape index (κ3) is 2.71. The van der Waals surface area contributed by atoms with Crippen molar-refractivity contribution in [3.63, 3.8) is 0 Å². The fourth-order valence-corrected chi connectivity index (χ4v) is 3.15. The van der Waals surface area contributed by atoms with Crippen LogP contribution in [0.4, 0.5) is 4.39 Å². The molecule has 0 saturated carbocycles. The molecule has 0 aliphatic carbocycles. The first-order valence-electron chi connectivity index (χ1n) is 6.25. The summed E-state index contributed by atoms with van der Waals surface area (Å²) >= 11 is 1.38. The lowest BCUT2D eigenvalue weighted by atomic mass is 10.2. The van der Waals surface area contributed by atoms with Crippen molar-refractivity contribution in [3.8, 4) is 0 Å². The first kappa shape index (κ1) is 12.4. The number of amidine groups is 1. The Balaban J connectivity index is 1.79. The molecule has 2 aliphatic heterocycles. The fraction of sp³-hybridized carbons (Fsp3) is 0.286. The molecule has 0 radical (unpaired) electrons. The van der Waals surface area contributed by atoms with Gasteiger partial charge in [0, 0.05) is 13.1 Å². The average molecular weight is 276 g/mol. The van der Waals surface area contributed by atoms with Gasteiger partial charge in [-0.15, -0.1) is 0 Å². The van der Waals surface area contributed by atoms with Crippen LogP contribution in [-0.4, -0.2) is 29.1 Å². The van der Waals surface area contributed by atoms with E-state index >= 15 is 0 Å². The van der Waals surface area contributed by atoms with Gasteiger partial charge in [-0.05, 0) is 48.4 Å². The van der Waals surface area contributed by atoms with Crippen molar-refractivity contribution in [1.29, 1.82) is 0 Å². The number of hydrogen-bond donors (Lipinski definition) is 0. The summed E-state index contributed by atoms with van der Waals surface area (Å²) in [4.78, 5) is 18.6. The van der Waals surface area contributed by atoms with Gasteiger partial charge in [-0.1, -0.05) is 12.1 Å². The van der Waals surface area contributed by atoms with Gasteiger partial charge < -0.3 is 4.90 Å². The Morgan fingerprint density at radius 2 is 2.11 bits per heavy atom. The van der Waals surface area contributed by atoms with Crippen LogP contribution in [0, 0.1) is 5.82 Å². The van der Waals surface area contributed by atoms with Gasteiger partial charge in [0.15, 0.2) is 5.17 Å². The van der Waals surface area contributed by atoms with Crippen LogP contribution >= 0.6 is 11.8 Å². The van der Waals surface area contributed by atoms with Gasteiger partial charge in [0.1, 0.15) is 5.82 Å². The Morgan fingerprint density at radius 1 is 1.32 bits per heavy atom. The number of rotatable bonds is 1. The van der Waals surface area contributed by atoms with Crippen LogP contribution in [0.5, 0.6) is 0 Å². The van der Waals surface area contributed by atoms with Crippen molar-refractivity contribution in [3.05, 3.63) is 40.6 Å². The number of thioether (sulfide) groups is 1. The topological polar surface area (TPSA) is 32.7 Å². The largest absolute Gasteiger partial charge is 0.351 e. The van der Waals surface area contributed by atoms with E-state index in [-0.39, 0.29) is 11.7 Å². The molecule has 1 amide bonds. The molecule has 0 atom stereocenters. The second kappa shape index (κ2) is 5.17. The van der Waals surface area contributed by atoms with Crippen molar-refractivity contribution in [2.45, 2.75) is 12.8 Å². The second-order valence-corrected chi connectivity index (χ2v) is 5.57. The fourth-order valence-electron chi connectivity index (χ4n) is 2.19. The molecule has 1 saturated heterocycles. The lowest BCUT2D eigenvalue weighted by Crippen LogP contribution is -2.23. The van der Waals surface area contributed by atoms with Crippen LogP contribution in [0.2, 0.25) is 0 Å². The highest BCUT2D eigenvalue weighted by Crippen LogP contribution is 2.31. The molecule has 3 nitrogen and oxygen atoms in total. The molecule has 3 rings (SSSR count). The Hall–Kier alpha value is -1.62. The Labute approximate surface area is 115 Å². The van der Waals surface area contributed by atoms with E-state index in [1.807, 2.05) is 0 Å². The van der Waals surface area contributed by atoms with E-state index in [1.54, 1.807) is 18.2 Å². The third-order valence-corrected chi connectivity index (χ3v) is 4.18. The number of amides is 1. The summed E-state index contributed by atoms with van der Waals surface area (Å²) in [5, 5.41) is 0.783. The molecule has 0 spiro atoms. The summed E-state index contributed by atoms with van der Waals surface area (Å²) in [5.41, 5.74) is 0.689. The first-order valence-corrected chi connectivity index (χ1v) is 7.07. The van der Waals surface area contributed by atoms with Crippen molar-refractivity contribution in [2.24, 2.45) is 4.99 Å². The number of aliphatic imine (C=N–C) groups is 1. The minimum absolute atomic E-state index is 0.226. The predicted molar refractivity (Wildman–Crippen MR) is 75.2 cm³/mol. The van der Waals surface area contributed by atoms with Crippen molar-refractivity contribution in [1.82, 2.24) is 4.90 Å². The molecule has 2 heterocycles. The quantitative estimate of drug-likeness (QED) is 0.739. The maximum atomic E-state index is 13.1. The van der Waals surface area contributed by atoms with Gasteiger partial charge in [-0.2, -0.15) is 4.99 Å². The van der Waals surface area contributed by atoms with E-state index in [0.717, 1.165) is 31.1 Å². The monoisotopic (exact) mass is 276 g/mol. The van der Waals surface area contributed by atoms with Crippen LogP contribution in [0.15, 0.2) is 34.2 Å². The van der Waals surface area contributed by atoms with E-state index in [9.17, 15) is 9.18 Å². The van der Waals surface area contributed by atoms with Crippen LogP contribution in [-0.2, 0) is 4.79 Å². The maximum Gasteiger partial charge on any atom is 0.286 e. The molecule has 0 unspecified atom stereocenters. The van der Waals surface area contributed by atoms with E-state index in [0.29, 0.717) is 10.5 Å². The second-order valence-electron chi connectivity index (χ2n) is 4.56. The number of likely N-dealkylation sites (tertiary alicyclic amines) is 1. The minimum atomic E-state index is -0.300. The highest BCUT2D eigenvalue weighted by molar-refractivity contribution is 8.18. The number of halogens is 1. The van der Waals surface area contributed by atoms with Gasteiger partial charge in [0.2, 0.25) is 0 Å². The van der Waals surface area contributed by atoms with Gasteiger partial charge in [0.05, 0.1) is 4.91 Å². The zero-order valence-corrected chi connectivity index (χ0v) is 11.1. The predicted octanol–water partition coefficient (Wildman–Crippen LogP) is 2.89. The summed E-state index contributed by atoms with van der Waals surface area (Å²) in [6.45, 7) is 1.93. The zero-order valence-electron chi connectivity index (χ0n) is 10.3. The lowest BCUT2D eigenvalue weighted by Gasteiger charge is -2.14. The summed E-state index contributed by atoms with van der Waals surface area (Å²) < 4.78 is 13.1. The standard InChI is InChI=1S/C14H13FN2OS/c15-11-5-3-4-10(8-11)9-12-13(18)16-14(19-12)17-6-1-2-7-17/h3-5,8-9H,1-2,6-7H2. The Kier molecular flexibility index (Phi) is 3.38. The van der Waals surface area contributed by atoms with Crippen molar-refractivity contribution in [2.75, 3.05) is 13.1 Å². The third-order valence-electron chi connectivity index (χ3n) is 3.13. The molecule has 0 bridgehead atoms. The van der Waals surface area contributed by atoms with Gasteiger partial charge >= 0.3 is 0 Å². The van der Waals surface area contributed by atoms with Crippen molar-refractivity contribution >= 4 is 28.9 Å². The van der Waals surface area contributed by atoms with Crippen LogP contribution < -0.4 is 0 Å². The number of carbonyl (C=O) groups excluding carboxylic acids is 1. The van der Waals surface area contributed by atoms with Gasteiger partial charge in [0.25, 0.3) is 5.91 Å². The molecular formula is C14H13FN2OS. The SMILES string of the molecule is O=C1N=C(N2CCCC2)SC1=Cc1cccc(F)c1. The van der Waals surface area contributed by atoms with E-state index < -0.39 is 0 Å². The number of carbonyl (C=O) groups is 1. The molecule has 19 heavy (non-hydrogen) atoms. The van der Waals surface area contributed by atoms with Gasteiger partial charge in [-0.25, -0.2) is 4.39 Å². The molecule has 0 N–H and O–H groups in total. The molecule has 2 aliphatic rings. The normalized spacial score (nSPS) is 21.3. The Bertz CT molecular complexity index is 577. The average Bonchev–Trinajstić information content (AvgIpc) is 3.00. The van der Waals surface area contributed by atoms with Gasteiger partial charge in [-0.3, -0.25) is 4.79 Å². The molecule has 1 aromatic carbocycles. The van der Waals surface area contributed by atoms with Crippen molar-refractivity contribution < 1.29 is 9.18 Å². The Morgan fingerprint density at radius 3 is 2.84 bits per heavy atom. The van der Waals surface area contributed by atoms with E-state index in [2.05, 4.69) is 9.89 Å². The van der Waals surface area contributed by atoms with Crippen LogP contribution in [0.25, 0.3) is 6.08 Å². The maximum absolute atomic E-state index is 13.1. The smallest absolute Gasteiger partial charge is 0.286 e. The van der Waals surface area contributed by atoms with E-state index in [1.165, 1.54) is 23.9 Å². The summed E-state index contributed by atoms with van der Waals surface area (Å²) in [6.07, 6.45) is 4.00. The molecule has 5 heteroatoms. The molecule has 0 aromatic heterocycles. The zero-order chi connectivity index (χ0) is 13.2. The van der Waals surface area contributed by atoms with Crippen LogP contribution in [0.1, 0.15) is 18.4 Å². The van der Waals surface area contributed by atoms with Crippen LogP contribution in [0.3, 0.4) is 0 Å². The first-order chi connectivity index (χ1) is 9.22.